The lowest BCUT2D eigenvalue weighted by atomic mass is 10.2. The van der Waals surface area contributed by atoms with Gasteiger partial charge in [0.2, 0.25) is 0 Å². The van der Waals surface area contributed by atoms with Crippen molar-refractivity contribution >= 4 is 11.6 Å². The maximum absolute atomic E-state index is 12.5. The number of rotatable bonds is 4. The molecule has 2 aromatic heterocycles. The van der Waals surface area contributed by atoms with Gasteiger partial charge >= 0.3 is 0 Å². The second-order valence-electron chi connectivity index (χ2n) is 5.73. The Labute approximate surface area is 136 Å². The lowest BCUT2D eigenvalue weighted by Crippen LogP contribution is -2.47. The van der Waals surface area contributed by atoms with Crippen LogP contribution in [0.15, 0.2) is 42.9 Å². The smallest absolute Gasteiger partial charge is 0.272 e. The summed E-state index contributed by atoms with van der Waals surface area (Å²) >= 11 is 0. The largest absolute Gasteiger partial charge is 0.381 e. The van der Waals surface area contributed by atoms with Crippen molar-refractivity contribution in [2.24, 2.45) is 0 Å². The Bertz CT molecular complexity index is 653. The fourth-order valence-corrected chi connectivity index (χ4v) is 2.53. The van der Waals surface area contributed by atoms with Gasteiger partial charge in [-0.15, -0.1) is 0 Å². The Morgan fingerprint density at radius 2 is 1.87 bits per heavy atom. The van der Waals surface area contributed by atoms with Gasteiger partial charge in [0, 0.05) is 57.0 Å². The third kappa shape index (κ3) is 4.04. The Kier molecular flexibility index (Phi) is 4.83. The van der Waals surface area contributed by atoms with Gasteiger partial charge in [-0.1, -0.05) is 0 Å². The van der Waals surface area contributed by atoms with Crippen LogP contribution in [0.25, 0.3) is 0 Å². The van der Waals surface area contributed by atoms with Crippen LogP contribution in [0.2, 0.25) is 0 Å². The number of likely N-dealkylation sites (N-methyl/N-ethyl adjacent to an activating group) is 1. The first-order chi connectivity index (χ1) is 11.2. The minimum absolute atomic E-state index is 0.00524. The van der Waals surface area contributed by atoms with Crippen molar-refractivity contribution in [1.29, 1.82) is 0 Å². The molecule has 0 spiro atoms. The lowest BCUT2D eigenvalue weighted by molar-refractivity contribution is 0.0658. The van der Waals surface area contributed by atoms with Crippen molar-refractivity contribution < 1.29 is 4.79 Å². The van der Waals surface area contributed by atoms with E-state index in [1.54, 1.807) is 18.6 Å². The molecule has 3 heterocycles. The molecule has 1 N–H and O–H groups in total. The van der Waals surface area contributed by atoms with E-state index in [0.29, 0.717) is 12.2 Å². The summed E-state index contributed by atoms with van der Waals surface area (Å²) < 4.78 is 0. The van der Waals surface area contributed by atoms with E-state index in [9.17, 15) is 4.79 Å². The molecule has 6 heteroatoms. The molecule has 0 atom stereocenters. The molecule has 0 radical (unpaired) electrons. The van der Waals surface area contributed by atoms with Crippen LogP contribution >= 0.6 is 0 Å². The highest BCUT2D eigenvalue weighted by Gasteiger charge is 2.21. The minimum Gasteiger partial charge on any atom is -0.381 e. The number of anilines is 1. The Balaban J connectivity index is 1.64. The predicted molar refractivity (Wildman–Crippen MR) is 89.2 cm³/mol. The molecule has 0 unspecified atom stereocenters. The van der Waals surface area contributed by atoms with Crippen LogP contribution in [0, 0.1) is 0 Å². The second kappa shape index (κ2) is 7.19. The van der Waals surface area contributed by atoms with Gasteiger partial charge in [-0.05, 0) is 36.9 Å². The van der Waals surface area contributed by atoms with Gasteiger partial charge in [0.05, 0.1) is 0 Å². The predicted octanol–water partition coefficient (Wildman–Crippen LogP) is 1.48. The molecule has 6 nitrogen and oxygen atoms in total. The summed E-state index contributed by atoms with van der Waals surface area (Å²) in [6, 6.07) is 7.62. The number of hydrogen-bond donors (Lipinski definition) is 1. The van der Waals surface area contributed by atoms with Gasteiger partial charge in [-0.3, -0.25) is 14.8 Å². The van der Waals surface area contributed by atoms with E-state index in [-0.39, 0.29) is 5.91 Å². The van der Waals surface area contributed by atoms with E-state index in [4.69, 9.17) is 0 Å². The number of pyridine rings is 2. The van der Waals surface area contributed by atoms with Crippen LogP contribution in [0.3, 0.4) is 0 Å². The molecule has 0 bridgehead atoms. The molecule has 1 fully saturated rings. The van der Waals surface area contributed by atoms with Gasteiger partial charge < -0.3 is 15.1 Å². The van der Waals surface area contributed by atoms with Crippen molar-refractivity contribution in [3.63, 3.8) is 0 Å². The first-order valence-electron chi connectivity index (χ1n) is 7.79. The SMILES string of the molecule is CN1CCN(C(=O)c2cc(NCc3ccncc3)ccn2)CC1. The van der Waals surface area contributed by atoms with E-state index < -0.39 is 0 Å². The van der Waals surface area contributed by atoms with E-state index in [2.05, 4.69) is 27.2 Å². The topological polar surface area (TPSA) is 61.4 Å². The molecule has 2 aromatic rings. The molecule has 1 aliphatic rings. The van der Waals surface area contributed by atoms with Crippen LogP contribution in [0.4, 0.5) is 5.69 Å². The molecule has 1 aliphatic heterocycles. The van der Waals surface area contributed by atoms with Crippen molar-refractivity contribution in [1.82, 2.24) is 19.8 Å². The normalized spacial score (nSPS) is 15.4. The first-order valence-corrected chi connectivity index (χ1v) is 7.79. The van der Waals surface area contributed by atoms with Crippen LogP contribution in [-0.2, 0) is 6.54 Å². The number of amides is 1. The quantitative estimate of drug-likeness (QED) is 0.926. The van der Waals surface area contributed by atoms with Gasteiger partial charge in [0.15, 0.2) is 0 Å². The summed E-state index contributed by atoms with van der Waals surface area (Å²) in [7, 11) is 2.07. The highest BCUT2D eigenvalue weighted by molar-refractivity contribution is 5.93. The molecule has 1 amide bonds. The standard InChI is InChI=1S/C17H21N5O/c1-21-8-10-22(11-9-21)17(23)16-12-15(4-7-19-16)20-13-14-2-5-18-6-3-14/h2-7,12H,8-11,13H2,1H3,(H,19,20). The van der Waals surface area contributed by atoms with Gasteiger partial charge in [-0.2, -0.15) is 0 Å². The summed E-state index contributed by atoms with van der Waals surface area (Å²) in [5.41, 5.74) is 2.53. The second-order valence-corrected chi connectivity index (χ2v) is 5.73. The van der Waals surface area contributed by atoms with Crippen LogP contribution < -0.4 is 5.32 Å². The number of piperazine rings is 1. The zero-order valence-corrected chi connectivity index (χ0v) is 13.3. The number of nitrogens with one attached hydrogen (secondary N) is 1. The zero-order chi connectivity index (χ0) is 16.1. The van der Waals surface area contributed by atoms with Crippen molar-refractivity contribution in [2.45, 2.75) is 6.54 Å². The van der Waals surface area contributed by atoms with Crippen molar-refractivity contribution in [2.75, 3.05) is 38.5 Å². The van der Waals surface area contributed by atoms with Crippen LogP contribution in [0.5, 0.6) is 0 Å². The number of aromatic nitrogens is 2. The maximum atomic E-state index is 12.5. The maximum Gasteiger partial charge on any atom is 0.272 e. The molecule has 0 aromatic carbocycles. The van der Waals surface area contributed by atoms with E-state index in [1.165, 1.54) is 0 Å². The van der Waals surface area contributed by atoms with Crippen LogP contribution in [-0.4, -0.2) is 58.9 Å². The van der Waals surface area contributed by atoms with Crippen molar-refractivity contribution in [3.8, 4) is 0 Å². The van der Waals surface area contributed by atoms with Gasteiger partial charge in [0.1, 0.15) is 5.69 Å². The summed E-state index contributed by atoms with van der Waals surface area (Å²) in [4.78, 5) is 24.9. The molecule has 1 saturated heterocycles. The number of hydrogen-bond acceptors (Lipinski definition) is 5. The first kappa shape index (κ1) is 15.4. The summed E-state index contributed by atoms with van der Waals surface area (Å²) in [6.45, 7) is 4.02. The van der Waals surface area contributed by atoms with Gasteiger partial charge in [-0.25, -0.2) is 0 Å². The van der Waals surface area contributed by atoms with E-state index in [0.717, 1.165) is 37.4 Å². The Hall–Kier alpha value is -2.47. The minimum atomic E-state index is 0.00524. The number of carbonyl (C=O) groups is 1. The number of carbonyl (C=O) groups excluding carboxylic acids is 1. The molecule has 0 aliphatic carbocycles. The molecule has 0 saturated carbocycles. The van der Waals surface area contributed by atoms with Gasteiger partial charge in [0.25, 0.3) is 5.91 Å². The summed E-state index contributed by atoms with van der Waals surface area (Å²) in [5, 5.41) is 3.32. The summed E-state index contributed by atoms with van der Waals surface area (Å²) in [6.07, 6.45) is 5.22. The molecule has 120 valence electrons. The average molecular weight is 311 g/mol. The van der Waals surface area contributed by atoms with Crippen LogP contribution in [0.1, 0.15) is 16.1 Å². The molecular formula is C17H21N5O. The Morgan fingerprint density at radius 3 is 2.61 bits per heavy atom. The fourth-order valence-electron chi connectivity index (χ4n) is 2.53. The molecular weight excluding hydrogens is 290 g/mol. The fraction of sp³-hybridized carbons (Fsp3) is 0.353. The third-order valence-electron chi connectivity index (χ3n) is 4.02. The third-order valence-corrected chi connectivity index (χ3v) is 4.02. The zero-order valence-electron chi connectivity index (χ0n) is 13.3. The summed E-state index contributed by atoms with van der Waals surface area (Å²) in [5.74, 6) is 0.00524. The molecule has 3 rings (SSSR count). The van der Waals surface area contributed by atoms with E-state index >= 15 is 0 Å². The Morgan fingerprint density at radius 1 is 1.13 bits per heavy atom. The highest BCUT2D eigenvalue weighted by atomic mass is 16.2. The molecule has 23 heavy (non-hydrogen) atoms. The number of nitrogens with zero attached hydrogens (tertiary/aromatic N) is 4. The van der Waals surface area contributed by atoms with Crippen molar-refractivity contribution in [3.05, 3.63) is 54.1 Å². The van der Waals surface area contributed by atoms with E-state index in [1.807, 2.05) is 29.2 Å². The highest BCUT2D eigenvalue weighted by Crippen LogP contribution is 2.13. The monoisotopic (exact) mass is 311 g/mol. The lowest BCUT2D eigenvalue weighted by Gasteiger charge is -2.32. The average Bonchev–Trinajstić information content (AvgIpc) is 2.61.